The van der Waals surface area contributed by atoms with Crippen molar-refractivity contribution < 1.29 is 52.7 Å². The molecule has 0 spiro atoms. The maximum absolute atomic E-state index is 12.4. The molecule has 0 amide bonds. The van der Waals surface area contributed by atoms with Crippen molar-refractivity contribution in [2.24, 2.45) is 0 Å². The van der Waals surface area contributed by atoms with E-state index in [-0.39, 0.29) is 18.0 Å². The number of esters is 4. The van der Waals surface area contributed by atoms with E-state index in [4.69, 9.17) is 34.2 Å². The normalized spacial score (nSPS) is 24.7. The first kappa shape index (κ1) is 24.9. The van der Waals surface area contributed by atoms with Crippen LogP contribution >= 0.6 is 0 Å². The van der Waals surface area contributed by atoms with E-state index in [9.17, 15) is 24.3 Å². The quantitative estimate of drug-likeness (QED) is 0.317. The molecule has 0 bridgehead atoms. The smallest absolute Gasteiger partial charge is 0.339 e. The monoisotopic (exact) mass is 455 g/mol. The van der Waals surface area contributed by atoms with Crippen LogP contribution in [0.15, 0.2) is 18.2 Å². The molecule has 1 aliphatic heterocycles. The predicted molar refractivity (Wildman–Crippen MR) is 105 cm³/mol. The maximum atomic E-state index is 12.4. The summed E-state index contributed by atoms with van der Waals surface area (Å²) in [6, 6.07) is 4.40. The minimum Gasteiger partial charge on any atom is -0.467 e. The summed E-state index contributed by atoms with van der Waals surface area (Å²) in [5, 5.41) is 9.24. The van der Waals surface area contributed by atoms with E-state index >= 15 is 0 Å². The third-order valence-corrected chi connectivity index (χ3v) is 4.33. The number of nitrogens with two attached hydrogens (primary N) is 1. The van der Waals surface area contributed by atoms with Gasteiger partial charge in [0.25, 0.3) is 0 Å². The van der Waals surface area contributed by atoms with E-state index in [1.165, 1.54) is 18.2 Å². The third kappa shape index (κ3) is 6.08. The number of rotatable bonds is 7. The highest BCUT2D eigenvalue weighted by Gasteiger charge is 2.55. The van der Waals surface area contributed by atoms with Gasteiger partial charge < -0.3 is 39.3 Å². The van der Waals surface area contributed by atoms with Gasteiger partial charge in [-0.2, -0.15) is 0 Å². The van der Waals surface area contributed by atoms with Crippen molar-refractivity contribution in [1.82, 2.24) is 0 Å². The number of anilines is 1. The molecule has 0 aromatic heterocycles. The molecule has 1 fully saturated rings. The molecule has 0 aliphatic carbocycles. The molecule has 1 aliphatic rings. The molecule has 1 aromatic carbocycles. The summed E-state index contributed by atoms with van der Waals surface area (Å²) in [5.74, 6) is -3.28. The fourth-order valence-corrected chi connectivity index (χ4v) is 3.10. The molecule has 1 unspecified atom stereocenters. The van der Waals surface area contributed by atoms with Gasteiger partial charge in [0, 0.05) is 20.8 Å². The molecular weight excluding hydrogens is 430 g/mol. The molecular formula is C20H25NO11. The van der Waals surface area contributed by atoms with Crippen LogP contribution in [0, 0.1) is 0 Å². The predicted octanol–water partition coefficient (Wildman–Crippen LogP) is -0.167. The van der Waals surface area contributed by atoms with Crippen LogP contribution < -0.4 is 10.5 Å². The van der Waals surface area contributed by atoms with Gasteiger partial charge in [0.1, 0.15) is 5.75 Å². The van der Waals surface area contributed by atoms with Gasteiger partial charge in [-0.15, -0.1) is 0 Å². The lowest BCUT2D eigenvalue weighted by atomic mass is 9.97. The Morgan fingerprint density at radius 3 is 2.03 bits per heavy atom. The lowest BCUT2D eigenvalue weighted by Gasteiger charge is -2.43. The molecule has 5 atom stereocenters. The van der Waals surface area contributed by atoms with Crippen molar-refractivity contribution in [3.8, 4) is 5.75 Å². The Bertz CT molecular complexity index is 871. The molecule has 0 radical (unpaired) electrons. The van der Waals surface area contributed by atoms with E-state index in [2.05, 4.69) is 0 Å². The van der Waals surface area contributed by atoms with Crippen LogP contribution in [-0.2, 0) is 49.5 Å². The molecule has 32 heavy (non-hydrogen) atoms. The first-order valence-corrected chi connectivity index (χ1v) is 9.48. The van der Waals surface area contributed by atoms with E-state index in [0.29, 0.717) is 5.56 Å². The summed E-state index contributed by atoms with van der Waals surface area (Å²) in [7, 11) is 1.08. The average Bonchev–Trinajstić information content (AvgIpc) is 2.71. The largest absolute Gasteiger partial charge is 0.467 e. The summed E-state index contributed by atoms with van der Waals surface area (Å²) < 4.78 is 31.8. The van der Waals surface area contributed by atoms with Crippen LogP contribution in [0.4, 0.5) is 5.69 Å². The Kier molecular flexibility index (Phi) is 8.38. The number of aliphatic hydroxyl groups excluding tert-OH is 1. The van der Waals surface area contributed by atoms with Crippen molar-refractivity contribution in [2.75, 3.05) is 12.8 Å². The van der Waals surface area contributed by atoms with Gasteiger partial charge >= 0.3 is 23.9 Å². The van der Waals surface area contributed by atoms with Gasteiger partial charge in [-0.05, 0) is 17.7 Å². The summed E-state index contributed by atoms with van der Waals surface area (Å²) in [5.41, 5.74) is 6.57. The second-order valence-electron chi connectivity index (χ2n) is 6.82. The number of benzene rings is 1. The Balaban J connectivity index is 2.51. The zero-order valence-electron chi connectivity index (χ0n) is 17.9. The lowest BCUT2D eigenvalue weighted by Crippen LogP contribution is -2.64. The number of aliphatic hydroxyl groups is 1. The van der Waals surface area contributed by atoms with Crippen LogP contribution in [0.5, 0.6) is 5.75 Å². The molecule has 12 nitrogen and oxygen atoms in total. The topological polar surface area (TPSA) is 170 Å². The molecule has 1 aromatic rings. The second-order valence-corrected chi connectivity index (χ2v) is 6.82. The summed E-state index contributed by atoms with van der Waals surface area (Å²) in [4.78, 5) is 47.6. The van der Waals surface area contributed by atoms with Gasteiger partial charge in [-0.3, -0.25) is 14.4 Å². The first-order chi connectivity index (χ1) is 15.1. The molecule has 2 rings (SSSR count). The number of ether oxygens (including phenoxy) is 6. The SMILES string of the molecule is COC(=O)[C@H]1OC(Oc2ccc(CO)cc2N)[C@H](OC(C)=O)[C@@H](OC(C)=O)[C@@H]1OC(C)=O. The van der Waals surface area contributed by atoms with Crippen molar-refractivity contribution in [3.05, 3.63) is 23.8 Å². The van der Waals surface area contributed by atoms with Gasteiger partial charge in [-0.1, -0.05) is 6.07 Å². The van der Waals surface area contributed by atoms with E-state index < -0.39 is 54.6 Å². The fraction of sp³-hybridized carbons (Fsp3) is 0.500. The molecule has 176 valence electrons. The molecule has 1 heterocycles. The Hall–Kier alpha value is -3.38. The maximum Gasteiger partial charge on any atom is 0.339 e. The molecule has 1 saturated heterocycles. The number of methoxy groups -OCH3 is 1. The minimum atomic E-state index is -1.58. The lowest BCUT2D eigenvalue weighted by molar-refractivity contribution is -0.282. The number of hydrogen-bond acceptors (Lipinski definition) is 12. The van der Waals surface area contributed by atoms with E-state index in [0.717, 1.165) is 27.9 Å². The fourth-order valence-electron chi connectivity index (χ4n) is 3.10. The van der Waals surface area contributed by atoms with Crippen LogP contribution in [0.3, 0.4) is 0 Å². The van der Waals surface area contributed by atoms with Crippen LogP contribution in [0.1, 0.15) is 26.3 Å². The third-order valence-electron chi connectivity index (χ3n) is 4.33. The number of hydrogen-bond donors (Lipinski definition) is 2. The minimum absolute atomic E-state index is 0.0699. The van der Waals surface area contributed by atoms with Crippen molar-refractivity contribution in [1.29, 1.82) is 0 Å². The molecule has 0 saturated carbocycles. The number of carbonyl (C=O) groups excluding carboxylic acids is 4. The highest BCUT2D eigenvalue weighted by atomic mass is 16.7. The standard InChI is InChI=1S/C20H25NO11/c1-9(23)28-15-16(29-10(2)24)18(30-11(3)25)20(32-17(15)19(26)27-4)31-14-6-5-12(8-22)7-13(14)21/h5-7,15-18,20,22H,8,21H2,1-4H3/t15-,16-,17-,18+,20?/m0/s1. The average molecular weight is 455 g/mol. The highest BCUT2D eigenvalue weighted by molar-refractivity contribution is 5.77. The van der Waals surface area contributed by atoms with E-state index in [1.54, 1.807) is 0 Å². The molecule has 12 heteroatoms. The summed E-state index contributed by atoms with van der Waals surface area (Å²) in [6.07, 6.45) is -7.51. The van der Waals surface area contributed by atoms with Crippen LogP contribution in [0.25, 0.3) is 0 Å². The second kappa shape index (κ2) is 10.8. The Morgan fingerprint density at radius 2 is 1.53 bits per heavy atom. The number of nitrogen functional groups attached to an aromatic ring is 1. The summed E-state index contributed by atoms with van der Waals surface area (Å²) in [6.45, 7) is 2.99. The number of carbonyl (C=O) groups is 4. The van der Waals surface area contributed by atoms with Gasteiger partial charge in [0.05, 0.1) is 19.4 Å². The van der Waals surface area contributed by atoms with Crippen LogP contribution in [0.2, 0.25) is 0 Å². The Morgan fingerprint density at radius 1 is 0.969 bits per heavy atom. The summed E-state index contributed by atoms with van der Waals surface area (Å²) >= 11 is 0. The van der Waals surface area contributed by atoms with E-state index in [1.807, 2.05) is 0 Å². The van der Waals surface area contributed by atoms with Crippen LogP contribution in [-0.4, -0.2) is 66.8 Å². The van der Waals surface area contributed by atoms with Crippen molar-refractivity contribution in [2.45, 2.75) is 58.1 Å². The molecule has 3 N–H and O–H groups in total. The van der Waals surface area contributed by atoms with Gasteiger partial charge in [-0.25, -0.2) is 4.79 Å². The Labute approximate surface area is 183 Å². The van der Waals surface area contributed by atoms with Gasteiger partial charge in [0.15, 0.2) is 18.3 Å². The highest BCUT2D eigenvalue weighted by Crippen LogP contribution is 2.33. The first-order valence-electron chi connectivity index (χ1n) is 9.48. The van der Waals surface area contributed by atoms with Crippen molar-refractivity contribution in [3.63, 3.8) is 0 Å². The zero-order valence-corrected chi connectivity index (χ0v) is 17.9. The van der Waals surface area contributed by atoms with Gasteiger partial charge in [0.2, 0.25) is 12.4 Å². The zero-order chi connectivity index (χ0) is 24.0. The van der Waals surface area contributed by atoms with Crippen molar-refractivity contribution >= 4 is 29.6 Å².